The minimum absolute atomic E-state index is 0.346. The first-order valence-electron chi connectivity index (χ1n) is 6.36. The minimum Gasteiger partial charge on any atom is -0.493 e. The van der Waals surface area contributed by atoms with Gasteiger partial charge in [0.05, 0.1) is 12.7 Å². The number of benzene rings is 1. The predicted octanol–water partition coefficient (Wildman–Crippen LogP) is 4.00. The Hall–Kier alpha value is -1.35. The normalized spacial score (nSPS) is 12.2. The molecular formula is C15H21FO2. The Balaban J connectivity index is 2.45. The number of aliphatic hydroxyl groups excluding tert-OH is 1. The third-order valence-electron chi connectivity index (χ3n) is 2.74. The van der Waals surface area contributed by atoms with Gasteiger partial charge in [-0.1, -0.05) is 6.08 Å². The van der Waals surface area contributed by atoms with Crippen LogP contribution in [0.2, 0.25) is 0 Å². The Labute approximate surface area is 108 Å². The van der Waals surface area contributed by atoms with Gasteiger partial charge < -0.3 is 9.84 Å². The summed E-state index contributed by atoms with van der Waals surface area (Å²) >= 11 is 0. The van der Waals surface area contributed by atoms with Crippen LogP contribution in [0, 0.1) is 5.82 Å². The van der Waals surface area contributed by atoms with Gasteiger partial charge >= 0.3 is 0 Å². The lowest BCUT2D eigenvalue weighted by atomic mass is 10.1. The zero-order valence-electron chi connectivity index (χ0n) is 10.9. The highest BCUT2D eigenvalue weighted by atomic mass is 19.1. The Morgan fingerprint density at radius 2 is 2.17 bits per heavy atom. The van der Waals surface area contributed by atoms with Crippen LogP contribution < -0.4 is 4.74 Å². The summed E-state index contributed by atoms with van der Waals surface area (Å²) in [7, 11) is 0. The molecule has 0 spiro atoms. The number of allylic oxidation sites excluding steroid dienone is 1. The first-order valence-corrected chi connectivity index (χ1v) is 6.36. The third kappa shape index (κ3) is 4.88. The standard InChI is InChI=1S/C15H21FO2/c1-3-4-5-6-7-10-18-15-11-13(16)8-9-14(15)12(2)17/h3,8-9,11-12,17H,1,4-7,10H2,2H3/t12-/m0/s1. The molecule has 0 saturated heterocycles. The van der Waals surface area contributed by atoms with Crippen LogP contribution in [0.15, 0.2) is 30.9 Å². The van der Waals surface area contributed by atoms with E-state index < -0.39 is 6.10 Å². The summed E-state index contributed by atoms with van der Waals surface area (Å²) in [5, 5.41) is 9.55. The van der Waals surface area contributed by atoms with E-state index in [9.17, 15) is 9.50 Å². The van der Waals surface area contributed by atoms with Crippen molar-refractivity contribution in [2.75, 3.05) is 6.61 Å². The fourth-order valence-electron chi connectivity index (χ4n) is 1.73. The summed E-state index contributed by atoms with van der Waals surface area (Å²) in [4.78, 5) is 0. The van der Waals surface area contributed by atoms with Crippen molar-refractivity contribution in [3.05, 3.63) is 42.2 Å². The van der Waals surface area contributed by atoms with Gasteiger partial charge in [0, 0.05) is 11.6 Å². The molecule has 0 aliphatic heterocycles. The van der Waals surface area contributed by atoms with Gasteiger partial charge in [-0.05, 0) is 44.7 Å². The number of hydrogen-bond donors (Lipinski definition) is 1. The second-order valence-electron chi connectivity index (χ2n) is 4.34. The molecular weight excluding hydrogens is 231 g/mol. The van der Waals surface area contributed by atoms with Crippen LogP contribution in [0.4, 0.5) is 4.39 Å². The Morgan fingerprint density at radius 1 is 1.39 bits per heavy atom. The maximum absolute atomic E-state index is 13.1. The average molecular weight is 252 g/mol. The van der Waals surface area contributed by atoms with E-state index in [1.54, 1.807) is 13.0 Å². The van der Waals surface area contributed by atoms with Crippen molar-refractivity contribution in [1.29, 1.82) is 0 Å². The van der Waals surface area contributed by atoms with E-state index >= 15 is 0 Å². The molecule has 1 rings (SSSR count). The maximum Gasteiger partial charge on any atom is 0.127 e. The van der Waals surface area contributed by atoms with Gasteiger partial charge in [0.15, 0.2) is 0 Å². The highest BCUT2D eigenvalue weighted by Crippen LogP contribution is 2.26. The molecule has 1 atom stereocenters. The van der Waals surface area contributed by atoms with E-state index in [2.05, 4.69) is 6.58 Å². The van der Waals surface area contributed by atoms with Crippen molar-refractivity contribution in [3.63, 3.8) is 0 Å². The van der Waals surface area contributed by atoms with E-state index in [0.29, 0.717) is 17.9 Å². The second kappa shape index (κ2) is 7.88. The number of aliphatic hydroxyl groups is 1. The molecule has 1 aromatic rings. The highest BCUT2D eigenvalue weighted by molar-refractivity contribution is 5.35. The molecule has 1 aromatic carbocycles. The first kappa shape index (κ1) is 14.7. The Bertz CT molecular complexity index is 375. The van der Waals surface area contributed by atoms with E-state index in [1.807, 2.05) is 6.08 Å². The fraction of sp³-hybridized carbons (Fsp3) is 0.467. The van der Waals surface area contributed by atoms with Gasteiger partial charge in [-0.25, -0.2) is 4.39 Å². The number of halogens is 1. The third-order valence-corrected chi connectivity index (χ3v) is 2.74. The van der Waals surface area contributed by atoms with E-state index in [1.165, 1.54) is 12.1 Å². The van der Waals surface area contributed by atoms with Crippen LogP contribution in [-0.2, 0) is 0 Å². The van der Waals surface area contributed by atoms with Gasteiger partial charge in [0.25, 0.3) is 0 Å². The molecule has 1 N–H and O–H groups in total. The molecule has 0 aliphatic carbocycles. The quantitative estimate of drug-likeness (QED) is 0.559. The number of ether oxygens (including phenoxy) is 1. The number of rotatable bonds is 8. The number of hydrogen-bond acceptors (Lipinski definition) is 2. The summed E-state index contributed by atoms with van der Waals surface area (Å²) in [5.74, 6) is 0.0924. The molecule has 3 heteroatoms. The van der Waals surface area contributed by atoms with Gasteiger partial charge in [0.2, 0.25) is 0 Å². The molecule has 0 aliphatic rings. The van der Waals surface area contributed by atoms with Crippen LogP contribution in [0.1, 0.15) is 44.3 Å². The van der Waals surface area contributed by atoms with Crippen molar-refractivity contribution in [2.45, 2.75) is 38.7 Å². The van der Waals surface area contributed by atoms with Gasteiger partial charge in [0.1, 0.15) is 11.6 Å². The van der Waals surface area contributed by atoms with Crippen LogP contribution in [0.25, 0.3) is 0 Å². The summed E-state index contributed by atoms with van der Waals surface area (Å²) in [5.41, 5.74) is 0.627. The molecule has 0 radical (unpaired) electrons. The van der Waals surface area contributed by atoms with E-state index in [4.69, 9.17) is 4.74 Å². The fourth-order valence-corrected chi connectivity index (χ4v) is 1.73. The molecule has 2 nitrogen and oxygen atoms in total. The maximum atomic E-state index is 13.1. The molecule has 0 unspecified atom stereocenters. The zero-order chi connectivity index (χ0) is 13.4. The van der Waals surface area contributed by atoms with Crippen molar-refractivity contribution in [1.82, 2.24) is 0 Å². The average Bonchev–Trinajstić information content (AvgIpc) is 2.33. The Morgan fingerprint density at radius 3 is 2.83 bits per heavy atom. The van der Waals surface area contributed by atoms with Gasteiger partial charge in [-0.15, -0.1) is 6.58 Å². The highest BCUT2D eigenvalue weighted by Gasteiger charge is 2.10. The topological polar surface area (TPSA) is 29.5 Å². The lowest BCUT2D eigenvalue weighted by molar-refractivity contribution is 0.190. The van der Waals surface area contributed by atoms with Crippen molar-refractivity contribution >= 4 is 0 Å². The summed E-state index contributed by atoms with van der Waals surface area (Å²) in [6.07, 6.45) is 5.34. The van der Waals surface area contributed by atoms with Crippen molar-refractivity contribution < 1.29 is 14.2 Å². The first-order chi connectivity index (χ1) is 8.65. The van der Waals surface area contributed by atoms with Crippen molar-refractivity contribution in [2.24, 2.45) is 0 Å². The smallest absolute Gasteiger partial charge is 0.127 e. The largest absolute Gasteiger partial charge is 0.493 e. The molecule has 0 bridgehead atoms. The molecule has 0 aromatic heterocycles. The van der Waals surface area contributed by atoms with Crippen molar-refractivity contribution in [3.8, 4) is 5.75 Å². The lowest BCUT2D eigenvalue weighted by Crippen LogP contribution is -2.03. The summed E-state index contributed by atoms with van der Waals surface area (Å²) in [6.45, 7) is 5.85. The molecule has 0 heterocycles. The van der Waals surface area contributed by atoms with Gasteiger partial charge in [-0.3, -0.25) is 0 Å². The minimum atomic E-state index is -0.652. The monoisotopic (exact) mass is 252 g/mol. The predicted molar refractivity (Wildman–Crippen MR) is 71.2 cm³/mol. The zero-order valence-corrected chi connectivity index (χ0v) is 10.9. The molecule has 0 fully saturated rings. The molecule has 0 amide bonds. The SMILES string of the molecule is C=CCCCCCOc1cc(F)ccc1[C@H](C)O. The molecule has 100 valence electrons. The van der Waals surface area contributed by atoms with E-state index in [-0.39, 0.29) is 5.82 Å². The molecule has 0 saturated carbocycles. The van der Waals surface area contributed by atoms with Gasteiger partial charge in [-0.2, -0.15) is 0 Å². The van der Waals surface area contributed by atoms with Crippen LogP contribution in [-0.4, -0.2) is 11.7 Å². The van der Waals surface area contributed by atoms with Crippen LogP contribution >= 0.6 is 0 Å². The van der Waals surface area contributed by atoms with Crippen LogP contribution in [0.3, 0.4) is 0 Å². The Kier molecular flexibility index (Phi) is 6.44. The summed E-state index contributed by atoms with van der Waals surface area (Å²) < 4.78 is 18.6. The lowest BCUT2D eigenvalue weighted by Gasteiger charge is -2.13. The van der Waals surface area contributed by atoms with E-state index in [0.717, 1.165) is 25.7 Å². The summed E-state index contributed by atoms with van der Waals surface area (Å²) in [6, 6.07) is 4.22. The molecule has 18 heavy (non-hydrogen) atoms. The second-order valence-corrected chi connectivity index (χ2v) is 4.34. The van der Waals surface area contributed by atoms with Crippen LogP contribution in [0.5, 0.6) is 5.75 Å². The number of unbranched alkanes of at least 4 members (excludes halogenated alkanes) is 3.